The summed E-state index contributed by atoms with van der Waals surface area (Å²) in [5.74, 6) is 2.84. The number of ether oxygens (including phenoxy) is 2. The van der Waals surface area contributed by atoms with Crippen molar-refractivity contribution in [3.63, 3.8) is 0 Å². The Morgan fingerprint density at radius 1 is 1.55 bits per heavy atom. The van der Waals surface area contributed by atoms with E-state index in [1.165, 1.54) is 12.8 Å². The van der Waals surface area contributed by atoms with Gasteiger partial charge in [0.2, 0.25) is 0 Å². The zero-order valence-corrected chi connectivity index (χ0v) is 6.93. The number of hydrogen-bond donors (Lipinski definition) is 0. The minimum absolute atomic E-state index is 0.00426. The minimum atomic E-state index is 0.00426. The van der Waals surface area contributed by atoms with Crippen LogP contribution in [0.25, 0.3) is 0 Å². The van der Waals surface area contributed by atoms with Gasteiger partial charge < -0.3 is 0 Å². The van der Waals surface area contributed by atoms with E-state index >= 15 is 0 Å². The van der Waals surface area contributed by atoms with Crippen molar-refractivity contribution in [1.82, 2.24) is 0 Å². The van der Waals surface area contributed by atoms with Gasteiger partial charge in [0, 0.05) is 0 Å². The Kier molecular flexibility index (Phi) is 4.74. The third kappa shape index (κ3) is 3.84. The molecule has 1 unspecified atom stereocenters. The SMILES string of the molecule is [Li][C]#CCOC1CCCCO1. The van der Waals surface area contributed by atoms with Crippen molar-refractivity contribution in [1.29, 1.82) is 0 Å². The van der Waals surface area contributed by atoms with Crippen LogP contribution >= 0.6 is 0 Å². The van der Waals surface area contributed by atoms with Crippen LogP contribution in [0.15, 0.2) is 0 Å². The molecule has 0 aromatic carbocycles. The van der Waals surface area contributed by atoms with Crippen molar-refractivity contribution >= 4 is 17.7 Å². The Balaban J connectivity index is 2.08. The molecule has 0 aromatic rings. The van der Waals surface area contributed by atoms with E-state index in [-0.39, 0.29) is 6.29 Å². The van der Waals surface area contributed by atoms with Gasteiger partial charge in [0.05, 0.1) is 0 Å². The van der Waals surface area contributed by atoms with Gasteiger partial charge in [-0.05, 0) is 0 Å². The molecular weight excluding hydrogens is 135 g/mol. The van der Waals surface area contributed by atoms with Crippen LogP contribution in [0.2, 0.25) is 0 Å². The van der Waals surface area contributed by atoms with Gasteiger partial charge in [-0.15, -0.1) is 0 Å². The van der Waals surface area contributed by atoms with Gasteiger partial charge in [-0.25, -0.2) is 0 Å². The van der Waals surface area contributed by atoms with Gasteiger partial charge in [-0.1, -0.05) is 0 Å². The topological polar surface area (TPSA) is 18.5 Å². The summed E-state index contributed by atoms with van der Waals surface area (Å²) in [5, 5.41) is 0. The van der Waals surface area contributed by atoms with Gasteiger partial charge in [0.15, 0.2) is 0 Å². The average Bonchev–Trinajstić information content (AvgIpc) is 2.07. The first-order valence-electron chi connectivity index (χ1n) is 4.06. The summed E-state index contributed by atoms with van der Waals surface area (Å²) in [6.07, 6.45) is 3.40. The zero-order chi connectivity index (χ0) is 7.94. The molecule has 0 saturated carbocycles. The molecule has 0 radical (unpaired) electrons. The molecule has 0 amide bonds. The molecule has 56 valence electrons. The number of rotatable bonds is 2. The van der Waals surface area contributed by atoms with Gasteiger partial charge in [-0.3, -0.25) is 0 Å². The molecule has 1 fully saturated rings. The van der Waals surface area contributed by atoms with Crippen molar-refractivity contribution < 1.29 is 9.47 Å². The molecule has 0 aromatic heterocycles. The molecule has 0 aliphatic carbocycles. The Hall–Kier alpha value is 0.0774. The van der Waals surface area contributed by atoms with Gasteiger partial charge in [0.1, 0.15) is 0 Å². The van der Waals surface area contributed by atoms with Crippen LogP contribution in [0.4, 0.5) is 0 Å². The van der Waals surface area contributed by atoms with Crippen LogP contribution in [0.5, 0.6) is 0 Å². The Morgan fingerprint density at radius 3 is 3.09 bits per heavy atom. The second kappa shape index (κ2) is 5.69. The fourth-order valence-electron chi connectivity index (χ4n) is 1.05. The standard InChI is InChI=1S/C8H11O2.Li/c1-2-6-9-8-5-3-4-7-10-8;/h8H,3-7H2;. The van der Waals surface area contributed by atoms with Gasteiger partial charge in [-0.2, -0.15) is 0 Å². The molecule has 1 heterocycles. The van der Waals surface area contributed by atoms with Crippen molar-refractivity contribution in [2.75, 3.05) is 13.2 Å². The van der Waals surface area contributed by atoms with Crippen LogP contribution in [-0.4, -0.2) is 37.2 Å². The Morgan fingerprint density at radius 2 is 2.45 bits per heavy atom. The first kappa shape index (κ1) is 9.17. The fourth-order valence-corrected chi connectivity index (χ4v) is 1.05. The molecular formula is C8H11LiO2. The van der Waals surface area contributed by atoms with Gasteiger partial charge in [0.25, 0.3) is 0 Å². The second-order valence-electron chi connectivity index (χ2n) is 2.53. The molecule has 0 spiro atoms. The predicted molar refractivity (Wildman–Crippen MR) is 43.1 cm³/mol. The second-order valence-corrected chi connectivity index (χ2v) is 2.53. The van der Waals surface area contributed by atoms with E-state index < -0.39 is 0 Å². The first-order chi connectivity index (χ1) is 5.43. The quantitative estimate of drug-likeness (QED) is 0.421. The normalized spacial score (nSPS) is 24.0. The summed E-state index contributed by atoms with van der Waals surface area (Å²) in [4.78, 5) is 0. The monoisotopic (exact) mass is 146 g/mol. The molecule has 3 heteroatoms. The molecule has 1 aliphatic rings. The summed E-state index contributed by atoms with van der Waals surface area (Å²) in [6.45, 7) is 1.34. The van der Waals surface area contributed by atoms with Crippen molar-refractivity contribution in [3.8, 4) is 10.5 Å². The van der Waals surface area contributed by atoms with E-state index in [1.54, 1.807) is 0 Å². The summed E-state index contributed by atoms with van der Waals surface area (Å²) in [6, 6.07) is 0. The van der Waals surface area contributed by atoms with Crippen LogP contribution < -0.4 is 0 Å². The van der Waals surface area contributed by atoms with Crippen molar-refractivity contribution in [3.05, 3.63) is 0 Å². The van der Waals surface area contributed by atoms with E-state index in [9.17, 15) is 0 Å². The zero-order valence-electron chi connectivity index (χ0n) is 6.93. The maximum atomic E-state index is 5.33. The molecule has 0 bridgehead atoms. The molecule has 1 aliphatic heterocycles. The maximum absolute atomic E-state index is 5.33. The Bertz CT molecular complexity index is 153. The van der Waals surface area contributed by atoms with Crippen molar-refractivity contribution in [2.45, 2.75) is 25.6 Å². The van der Waals surface area contributed by atoms with Crippen LogP contribution in [0.1, 0.15) is 19.3 Å². The summed E-state index contributed by atoms with van der Waals surface area (Å²) < 4.78 is 13.4. The van der Waals surface area contributed by atoms with Crippen LogP contribution in [0.3, 0.4) is 0 Å². The third-order valence-corrected chi connectivity index (χ3v) is 1.66. The molecule has 1 rings (SSSR count). The van der Waals surface area contributed by atoms with E-state index in [0.717, 1.165) is 13.0 Å². The third-order valence-electron chi connectivity index (χ3n) is 1.66. The first-order valence-corrected chi connectivity index (χ1v) is 4.06. The van der Waals surface area contributed by atoms with Crippen molar-refractivity contribution in [2.24, 2.45) is 0 Å². The van der Waals surface area contributed by atoms with Crippen LogP contribution in [0, 0.1) is 10.5 Å². The molecule has 11 heavy (non-hydrogen) atoms. The molecule has 2 nitrogen and oxygen atoms in total. The van der Waals surface area contributed by atoms with E-state index in [0.29, 0.717) is 6.61 Å². The van der Waals surface area contributed by atoms with Gasteiger partial charge >= 0.3 is 76.5 Å². The predicted octanol–water partition coefficient (Wildman–Crippen LogP) is 0.659. The summed E-state index contributed by atoms with van der Waals surface area (Å²) in [5.41, 5.74) is 0. The summed E-state index contributed by atoms with van der Waals surface area (Å²) in [7, 11) is 0. The molecule has 1 atom stereocenters. The van der Waals surface area contributed by atoms with E-state index in [2.05, 4.69) is 10.5 Å². The van der Waals surface area contributed by atoms with Crippen LogP contribution in [-0.2, 0) is 9.47 Å². The van der Waals surface area contributed by atoms with E-state index in [4.69, 9.17) is 9.47 Å². The number of hydrogen-bond acceptors (Lipinski definition) is 2. The molecule has 1 saturated heterocycles. The van der Waals surface area contributed by atoms with E-state index in [1.807, 2.05) is 17.7 Å². The summed E-state index contributed by atoms with van der Waals surface area (Å²) >= 11 is 1.81. The Labute approximate surface area is 76.8 Å². The average molecular weight is 146 g/mol. The molecule has 0 N–H and O–H groups in total. The fraction of sp³-hybridized carbons (Fsp3) is 0.750.